The molecule has 0 fully saturated rings. The van der Waals surface area contributed by atoms with Crippen LogP contribution in [-0.2, 0) is 10.0 Å². The maximum Gasteiger partial charge on any atom is 0.261 e. The van der Waals surface area contributed by atoms with Gasteiger partial charge in [-0.05, 0) is 73.5 Å². The van der Waals surface area contributed by atoms with Gasteiger partial charge >= 0.3 is 0 Å². The minimum Gasteiger partial charge on any atom is -0.311 e. The molecule has 0 bridgehead atoms. The number of para-hydroxylation sites is 1. The Bertz CT molecular complexity index is 1090. The van der Waals surface area contributed by atoms with E-state index in [1.165, 1.54) is 29.2 Å². The average molecular weight is 394 g/mol. The number of hydrogen-bond donors (Lipinski definition) is 1. The first-order valence-electron chi connectivity index (χ1n) is 8.81. The van der Waals surface area contributed by atoms with Gasteiger partial charge in [0.25, 0.3) is 15.9 Å². The van der Waals surface area contributed by atoms with Crippen molar-refractivity contribution in [1.82, 2.24) is 0 Å². The quantitative estimate of drug-likeness (QED) is 0.698. The van der Waals surface area contributed by atoms with Crippen LogP contribution in [0.1, 0.15) is 21.5 Å². The van der Waals surface area contributed by atoms with Crippen LogP contribution in [0.25, 0.3) is 0 Å². The van der Waals surface area contributed by atoms with Crippen molar-refractivity contribution in [2.75, 3.05) is 16.7 Å². The van der Waals surface area contributed by atoms with Crippen LogP contribution in [0.4, 0.5) is 11.4 Å². The van der Waals surface area contributed by atoms with Crippen molar-refractivity contribution in [3.63, 3.8) is 0 Å². The van der Waals surface area contributed by atoms with E-state index in [0.717, 1.165) is 16.8 Å². The Kier molecular flexibility index (Phi) is 5.51. The lowest BCUT2D eigenvalue weighted by molar-refractivity contribution is 0.0993. The molecule has 3 aromatic rings. The number of anilines is 2. The van der Waals surface area contributed by atoms with E-state index in [0.29, 0.717) is 11.3 Å². The minimum atomic E-state index is -3.73. The van der Waals surface area contributed by atoms with Crippen LogP contribution < -0.4 is 9.62 Å². The van der Waals surface area contributed by atoms with E-state index in [1.54, 1.807) is 19.2 Å². The Morgan fingerprint density at radius 3 is 2.11 bits per heavy atom. The van der Waals surface area contributed by atoms with E-state index in [9.17, 15) is 13.2 Å². The van der Waals surface area contributed by atoms with Crippen LogP contribution in [0.5, 0.6) is 0 Å². The second-order valence-corrected chi connectivity index (χ2v) is 8.31. The summed E-state index contributed by atoms with van der Waals surface area (Å²) < 4.78 is 27.8. The molecule has 0 atom stereocenters. The van der Waals surface area contributed by atoms with Crippen LogP contribution in [-0.4, -0.2) is 21.4 Å². The van der Waals surface area contributed by atoms with Gasteiger partial charge in [-0.3, -0.25) is 9.52 Å². The highest BCUT2D eigenvalue weighted by Gasteiger charge is 2.17. The van der Waals surface area contributed by atoms with Crippen molar-refractivity contribution >= 4 is 27.3 Å². The summed E-state index contributed by atoms with van der Waals surface area (Å²) in [7, 11) is -2.05. The van der Waals surface area contributed by atoms with Gasteiger partial charge in [0.05, 0.1) is 4.90 Å². The molecule has 3 rings (SSSR count). The van der Waals surface area contributed by atoms with E-state index in [4.69, 9.17) is 0 Å². The van der Waals surface area contributed by atoms with E-state index >= 15 is 0 Å². The van der Waals surface area contributed by atoms with Crippen molar-refractivity contribution in [1.29, 1.82) is 0 Å². The minimum absolute atomic E-state index is 0.102. The molecular weight excluding hydrogens is 372 g/mol. The van der Waals surface area contributed by atoms with Crippen molar-refractivity contribution in [2.45, 2.75) is 18.7 Å². The highest BCUT2D eigenvalue weighted by molar-refractivity contribution is 7.92. The Hall–Kier alpha value is -3.12. The van der Waals surface area contributed by atoms with Crippen LogP contribution in [0.3, 0.4) is 0 Å². The summed E-state index contributed by atoms with van der Waals surface area (Å²) in [4.78, 5) is 14.3. The molecular formula is C22H22N2O3S. The first kappa shape index (κ1) is 19.6. The fourth-order valence-corrected chi connectivity index (χ4v) is 3.81. The molecule has 0 heterocycles. The van der Waals surface area contributed by atoms with Gasteiger partial charge in [0, 0.05) is 24.0 Å². The molecule has 0 saturated heterocycles. The molecule has 0 aliphatic rings. The largest absolute Gasteiger partial charge is 0.311 e. The van der Waals surface area contributed by atoms with Crippen molar-refractivity contribution in [3.05, 3.63) is 89.5 Å². The predicted octanol–water partition coefficient (Wildman–Crippen LogP) is 4.38. The Labute approximate surface area is 165 Å². The summed E-state index contributed by atoms with van der Waals surface area (Å²) in [5.74, 6) is -0.211. The summed E-state index contributed by atoms with van der Waals surface area (Å²) in [5.41, 5.74) is 3.78. The molecule has 6 heteroatoms. The summed E-state index contributed by atoms with van der Waals surface area (Å²) in [6, 6.07) is 20.6. The number of rotatable bonds is 5. The number of hydrogen-bond acceptors (Lipinski definition) is 3. The average Bonchev–Trinajstić information content (AvgIpc) is 2.70. The highest BCUT2D eigenvalue weighted by atomic mass is 32.2. The third kappa shape index (κ3) is 4.23. The van der Waals surface area contributed by atoms with Gasteiger partial charge in [0.2, 0.25) is 0 Å². The lowest BCUT2D eigenvalue weighted by Crippen LogP contribution is -2.26. The number of nitrogens with one attached hydrogen (secondary N) is 1. The molecule has 5 nitrogen and oxygen atoms in total. The summed E-state index contributed by atoms with van der Waals surface area (Å²) in [5, 5.41) is 0. The molecule has 0 spiro atoms. The van der Waals surface area contributed by atoms with Gasteiger partial charge in [-0.1, -0.05) is 24.3 Å². The zero-order chi connectivity index (χ0) is 20.3. The fourth-order valence-electron chi connectivity index (χ4n) is 2.76. The van der Waals surface area contributed by atoms with Crippen molar-refractivity contribution < 1.29 is 13.2 Å². The number of aryl methyl sites for hydroxylation is 2. The monoisotopic (exact) mass is 394 g/mol. The van der Waals surface area contributed by atoms with Gasteiger partial charge in [0.1, 0.15) is 0 Å². The summed E-state index contributed by atoms with van der Waals surface area (Å²) >= 11 is 0. The van der Waals surface area contributed by atoms with E-state index < -0.39 is 10.0 Å². The standard InChI is InChI=1S/C22H22N2O3S/c1-16-9-12-19(15-17(16)2)23-28(26,27)21-13-10-18(11-14-21)22(25)24(3)20-7-5-4-6-8-20/h4-15,23H,1-3H3. The van der Waals surface area contributed by atoms with Crippen LogP contribution in [0.2, 0.25) is 0 Å². The highest BCUT2D eigenvalue weighted by Crippen LogP contribution is 2.20. The SMILES string of the molecule is Cc1ccc(NS(=O)(=O)c2ccc(C(=O)N(C)c3ccccc3)cc2)cc1C. The van der Waals surface area contributed by atoms with Gasteiger partial charge in [-0.2, -0.15) is 0 Å². The lowest BCUT2D eigenvalue weighted by atomic mass is 10.1. The Morgan fingerprint density at radius 1 is 0.857 bits per heavy atom. The van der Waals surface area contributed by atoms with E-state index in [2.05, 4.69) is 4.72 Å². The third-order valence-corrected chi connectivity index (χ3v) is 6.02. The molecule has 0 unspecified atom stereocenters. The maximum absolute atomic E-state index is 12.6. The third-order valence-electron chi connectivity index (χ3n) is 4.62. The van der Waals surface area contributed by atoms with Crippen LogP contribution in [0.15, 0.2) is 77.7 Å². The molecule has 1 N–H and O–H groups in total. The number of carbonyl (C=O) groups is 1. The van der Waals surface area contributed by atoms with Gasteiger partial charge in [-0.15, -0.1) is 0 Å². The number of amides is 1. The Morgan fingerprint density at radius 2 is 1.50 bits per heavy atom. The normalized spacial score (nSPS) is 11.1. The predicted molar refractivity (Wildman–Crippen MR) is 112 cm³/mol. The zero-order valence-corrected chi connectivity index (χ0v) is 16.8. The molecule has 1 amide bonds. The van der Waals surface area contributed by atoms with Gasteiger partial charge < -0.3 is 4.90 Å². The molecule has 28 heavy (non-hydrogen) atoms. The van der Waals surface area contributed by atoms with Gasteiger partial charge in [-0.25, -0.2) is 8.42 Å². The molecule has 3 aromatic carbocycles. The van der Waals surface area contributed by atoms with Crippen molar-refractivity contribution in [2.24, 2.45) is 0 Å². The number of carbonyl (C=O) groups excluding carboxylic acids is 1. The van der Waals surface area contributed by atoms with Crippen LogP contribution >= 0.6 is 0 Å². The van der Waals surface area contributed by atoms with Crippen LogP contribution in [0, 0.1) is 13.8 Å². The first-order chi connectivity index (χ1) is 13.3. The zero-order valence-electron chi connectivity index (χ0n) is 16.0. The van der Waals surface area contributed by atoms with Crippen molar-refractivity contribution in [3.8, 4) is 0 Å². The first-order valence-corrected chi connectivity index (χ1v) is 10.3. The fraction of sp³-hybridized carbons (Fsp3) is 0.136. The summed E-state index contributed by atoms with van der Waals surface area (Å²) in [6.45, 7) is 3.90. The maximum atomic E-state index is 12.6. The molecule has 0 aliphatic heterocycles. The topological polar surface area (TPSA) is 66.5 Å². The second-order valence-electron chi connectivity index (χ2n) is 6.63. The second kappa shape index (κ2) is 7.86. The Balaban J connectivity index is 1.79. The molecule has 0 aromatic heterocycles. The molecule has 0 saturated carbocycles. The number of sulfonamides is 1. The molecule has 0 aliphatic carbocycles. The van der Waals surface area contributed by atoms with E-state index in [1.807, 2.05) is 50.2 Å². The smallest absolute Gasteiger partial charge is 0.261 e. The summed E-state index contributed by atoms with van der Waals surface area (Å²) in [6.07, 6.45) is 0. The molecule has 144 valence electrons. The van der Waals surface area contributed by atoms with Gasteiger partial charge in [0.15, 0.2) is 0 Å². The number of nitrogens with zero attached hydrogens (tertiary/aromatic N) is 1. The number of benzene rings is 3. The molecule has 0 radical (unpaired) electrons. The lowest BCUT2D eigenvalue weighted by Gasteiger charge is -2.17. The van der Waals surface area contributed by atoms with E-state index in [-0.39, 0.29) is 10.8 Å².